The summed E-state index contributed by atoms with van der Waals surface area (Å²) < 4.78 is 49.0. The zero-order chi connectivity index (χ0) is 22.6. The minimum absolute atomic E-state index is 0.0697. The number of phosphoric acid groups is 1. The number of aliphatic hydroxyl groups excluding tert-OH is 2. The first-order valence-corrected chi connectivity index (χ1v) is 11.2. The topological polar surface area (TPSA) is 132 Å². The number of aliphatic hydroxyl groups is 2. The van der Waals surface area contributed by atoms with Gasteiger partial charge in [-0.1, -0.05) is 35.4 Å². The van der Waals surface area contributed by atoms with Crippen molar-refractivity contribution in [2.75, 3.05) is 6.61 Å². The van der Waals surface area contributed by atoms with E-state index in [0.29, 0.717) is 10.6 Å². The Morgan fingerprint density at radius 1 is 1.42 bits per heavy atom. The molecule has 0 saturated carbocycles. The lowest BCUT2D eigenvalue weighted by Crippen LogP contribution is -2.43. The van der Waals surface area contributed by atoms with E-state index in [4.69, 9.17) is 53.7 Å². The van der Waals surface area contributed by atoms with E-state index in [0.717, 1.165) is 10.8 Å². The number of H-pyrrole nitrogens is 1. The van der Waals surface area contributed by atoms with Gasteiger partial charge in [-0.25, -0.2) is 13.8 Å². The first-order valence-electron chi connectivity index (χ1n) is 8.62. The standard InChI is InChI=1S/C16H14Cl2FN2O8PS/c17-8-1-2-10-7(3-8)5-26-30(25,29-10)27-6-16(19)12(23)11(22)14(28-16)21-4-9(18)13(31)20-15(21)24/h1-4,11-12,14,22-23H,5-6H2,(H,20,24,31)/t11-,12+,14-,16-,30?/m1/s1. The smallest absolute Gasteiger partial charge is 0.404 e. The predicted molar refractivity (Wildman–Crippen MR) is 107 cm³/mol. The summed E-state index contributed by atoms with van der Waals surface area (Å²) in [5.74, 6) is -2.90. The minimum Gasteiger partial charge on any atom is -0.404 e. The molecular formula is C16H14Cl2FN2O8PS. The molecule has 168 valence electrons. The lowest BCUT2D eigenvalue weighted by atomic mass is 10.1. The molecule has 3 N–H and O–H groups in total. The van der Waals surface area contributed by atoms with E-state index in [-0.39, 0.29) is 22.0 Å². The number of hydrogen-bond acceptors (Lipinski definition) is 9. The summed E-state index contributed by atoms with van der Waals surface area (Å²) in [6.07, 6.45) is -4.73. The van der Waals surface area contributed by atoms with Crippen molar-refractivity contribution in [3.8, 4) is 5.75 Å². The van der Waals surface area contributed by atoms with Crippen LogP contribution in [0.4, 0.5) is 4.39 Å². The summed E-state index contributed by atoms with van der Waals surface area (Å²) in [7, 11) is -4.28. The lowest BCUT2D eigenvalue weighted by molar-refractivity contribution is -0.205. The summed E-state index contributed by atoms with van der Waals surface area (Å²) in [5, 5.41) is 20.7. The summed E-state index contributed by atoms with van der Waals surface area (Å²) in [6, 6.07) is 4.47. The van der Waals surface area contributed by atoms with Crippen LogP contribution in [0.3, 0.4) is 0 Å². The summed E-state index contributed by atoms with van der Waals surface area (Å²) in [6.45, 7) is -1.33. The Kier molecular flexibility index (Phi) is 6.05. The first kappa shape index (κ1) is 22.8. The van der Waals surface area contributed by atoms with Gasteiger partial charge in [-0.2, -0.15) is 0 Å². The monoisotopic (exact) mass is 514 g/mol. The van der Waals surface area contributed by atoms with Gasteiger partial charge in [0, 0.05) is 16.8 Å². The number of phosphoric ester groups is 1. The fourth-order valence-electron chi connectivity index (χ4n) is 3.02. The van der Waals surface area contributed by atoms with Crippen LogP contribution in [0.5, 0.6) is 5.75 Å². The molecule has 3 heterocycles. The lowest BCUT2D eigenvalue weighted by Gasteiger charge is -2.28. The SMILES string of the molecule is O=c1[nH]c(=S)c(Cl)cn1[C@@H]1O[C@](F)(COP2(=O)OCc3cc(Cl)ccc3O2)[C@@H](O)[C@H]1O. The van der Waals surface area contributed by atoms with Gasteiger partial charge >= 0.3 is 13.5 Å². The number of aromatic nitrogens is 2. The molecule has 0 spiro atoms. The van der Waals surface area contributed by atoms with Crippen LogP contribution in [0.2, 0.25) is 10.0 Å². The molecule has 2 aliphatic heterocycles. The van der Waals surface area contributed by atoms with Crippen LogP contribution < -0.4 is 10.2 Å². The number of halogens is 3. The Labute approximate surface area is 188 Å². The molecule has 4 rings (SSSR count). The highest BCUT2D eigenvalue weighted by molar-refractivity contribution is 7.71. The Hall–Kier alpha value is -1.34. The maximum Gasteiger partial charge on any atom is 0.530 e. The molecule has 2 aliphatic rings. The third-order valence-electron chi connectivity index (χ3n) is 4.60. The molecule has 1 saturated heterocycles. The maximum absolute atomic E-state index is 15.3. The maximum atomic E-state index is 15.3. The van der Waals surface area contributed by atoms with Crippen molar-refractivity contribution >= 4 is 43.2 Å². The quantitative estimate of drug-likeness (QED) is 0.416. The third kappa shape index (κ3) is 4.32. The van der Waals surface area contributed by atoms with Crippen molar-refractivity contribution in [2.45, 2.75) is 30.9 Å². The Balaban J connectivity index is 1.52. The molecule has 0 radical (unpaired) electrons. The number of rotatable bonds is 4. The van der Waals surface area contributed by atoms with Crippen LogP contribution in [-0.4, -0.2) is 44.4 Å². The van der Waals surface area contributed by atoms with Gasteiger partial charge in [0.1, 0.15) is 29.2 Å². The highest BCUT2D eigenvalue weighted by atomic mass is 35.5. The van der Waals surface area contributed by atoms with Gasteiger partial charge in [0.2, 0.25) is 0 Å². The van der Waals surface area contributed by atoms with Crippen LogP contribution in [0, 0.1) is 4.64 Å². The first-order chi connectivity index (χ1) is 14.5. The highest BCUT2D eigenvalue weighted by Crippen LogP contribution is 2.56. The second-order valence-corrected chi connectivity index (χ2v) is 9.56. The zero-order valence-corrected chi connectivity index (χ0v) is 18.5. The van der Waals surface area contributed by atoms with Gasteiger partial charge in [-0.3, -0.25) is 18.6 Å². The van der Waals surface area contributed by atoms with E-state index >= 15 is 4.39 Å². The number of benzene rings is 1. The molecule has 1 unspecified atom stereocenters. The largest absolute Gasteiger partial charge is 0.530 e. The van der Waals surface area contributed by atoms with Crippen LogP contribution in [0.1, 0.15) is 11.8 Å². The molecule has 0 amide bonds. The highest BCUT2D eigenvalue weighted by Gasteiger charge is 2.57. The number of aromatic amines is 1. The number of fused-ring (bicyclic) bond motifs is 1. The van der Waals surface area contributed by atoms with E-state index in [1.807, 2.05) is 0 Å². The van der Waals surface area contributed by atoms with Crippen molar-refractivity contribution in [1.82, 2.24) is 9.55 Å². The second-order valence-electron chi connectivity index (χ2n) is 6.71. The fraction of sp³-hybridized carbons (Fsp3) is 0.375. The van der Waals surface area contributed by atoms with E-state index in [9.17, 15) is 19.6 Å². The molecule has 1 aromatic carbocycles. The van der Waals surface area contributed by atoms with Gasteiger partial charge in [0.15, 0.2) is 6.23 Å². The molecule has 10 nitrogen and oxygen atoms in total. The number of alkyl halides is 1. The Bertz CT molecular complexity index is 1190. The van der Waals surface area contributed by atoms with Crippen molar-refractivity contribution in [2.24, 2.45) is 0 Å². The molecule has 0 bridgehead atoms. The Morgan fingerprint density at radius 3 is 2.90 bits per heavy atom. The van der Waals surface area contributed by atoms with Gasteiger partial charge < -0.3 is 19.5 Å². The van der Waals surface area contributed by atoms with Gasteiger partial charge in [-0.05, 0) is 18.2 Å². The molecule has 31 heavy (non-hydrogen) atoms. The van der Waals surface area contributed by atoms with E-state index in [1.54, 1.807) is 0 Å². The molecule has 1 fully saturated rings. The molecule has 5 atom stereocenters. The summed E-state index contributed by atoms with van der Waals surface area (Å²) in [5.41, 5.74) is -0.360. The average Bonchev–Trinajstić information content (AvgIpc) is 2.94. The van der Waals surface area contributed by atoms with E-state index < -0.39 is 44.4 Å². The average molecular weight is 515 g/mol. The third-order valence-corrected chi connectivity index (χ3v) is 6.87. The number of hydrogen-bond donors (Lipinski definition) is 3. The van der Waals surface area contributed by atoms with Crippen molar-refractivity contribution in [3.05, 3.63) is 55.1 Å². The van der Waals surface area contributed by atoms with Gasteiger partial charge in [0.25, 0.3) is 5.85 Å². The number of nitrogens with zero attached hydrogens (tertiary/aromatic N) is 1. The minimum atomic E-state index is -4.28. The van der Waals surface area contributed by atoms with Crippen molar-refractivity contribution in [1.29, 1.82) is 0 Å². The molecule has 0 aliphatic carbocycles. The van der Waals surface area contributed by atoms with Crippen molar-refractivity contribution in [3.63, 3.8) is 0 Å². The summed E-state index contributed by atoms with van der Waals surface area (Å²) >= 11 is 16.5. The van der Waals surface area contributed by atoms with Gasteiger partial charge in [-0.15, -0.1) is 0 Å². The van der Waals surface area contributed by atoms with Crippen LogP contribution >= 0.6 is 43.2 Å². The van der Waals surface area contributed by atoms with Crippen LogP contribution in [0.25, 0.3) is 0 Å². The van der Waals surface area contributed by atoms with Gasteiger partial charge in [0.05, 0.1) is 11.6 Å². The zero-order valence-electron chi connectivity index (χ0n) is 15.2. The summed E-state index contributed by atoms with van der Waals surface area (Å²) in [4.78, 5) is 14.3. The van der Waals surface area contributed by atoms with Crippen molar-refractivity contribution < 1.29 is 37.5 Å². The Morgan fingerprint density at radius 2 is 2.16 bits per heavy atom. The molecule has 15 heteroatoms. The molecule has 1 aromatic heterocycles. The van der Waals surface area contributed by atoms with Crippen LogP contribution in [-0.2, 0) is 25.0 Å². The fourth-order valence-corrected chi connectivity index (χ4v) is 4.73. The number of nitrogens with one attached hydrogen (secondary N) is 1. The van der Waals surface area contributed by atoms with Crippen LogP contribution in [0.15, 0.2) is 29.2 Å². The predicted octanol–water partition coefficient (Wildman–Crippen LogP) is 2.86. The molecular weight excluding hydrogens is 501 g/mol. The molecule has 2 aromatic rings. The van der Waals surface area contributed by atoms with E-state index in [2.05, 4.69) is 4.98 Å². The number of ether oxygens (including phenoxy) is 1. The normalized spacial score (nSPS) is 32.5. The van der Waals surface area contributed by atoms with E-state index in [1.165, 1.54) is 18.2 Å². The second kappa shape index (κ2) is 8.22.